The second-order valence-corrected chi connectivity index (χ2v) is 6.50. The lowest BCUT2D eigenvalue weighted by Crippen LogP contribution is -2.21. The van der Waals surface area contributed by atoms with Gasteiger partial charge < -0.3 is 4.74 Å². The lowest BCUT2D eigenvalue weighted by molar-refractivity contribution is -0.384. The van der Waals surface area contributed by atoms with E-state index >= 15 is 0 Å². The van der Waals surface area contributed by atoms with E-state index in [1.165, 1.54) is 17.0 Å². The molecule has 1 heterocycles. The highest BCUT2D eigenvalue weighted by molar-refractivity contribution is 5.95. The summed E-state index contributed by atoms with van der Waals surface area (Å²) in [6.45, 7) is 0.363. The minimum absolute atomic E-state index is 0.0239. The molecular weight excluding hydrogens is 370 g/mol. The van der Waals surface area contributed by atoms with E-state index in [4.69, 9.17) is 4.74 Å². The van der Waals surface area contributed by atoms with Gasteiger partial charge in [-0.25, -0.2) is 4.98 Å². The number of nitrogens with zero attached hydrogens (tertiary/aromatic N) is 3. The molecule has 1 aromatic heterocycles. The van der Waals surface area contributed by atoms with Crippen molar-refractivity contribution in [3.63, 3.8) is 0 Å². The summed E-state index contributed by atoms with van der Waals surface area (Å²) < 4.78 is 6.67. The van der Waals surface area contributed by atoms with Crippen molar-refractivity contribution in [2.75, 3.05) is 7.11 Å². The minimum Gasteiger partial charge on any atom is -0.497 e. The number of nitro groups is 1. The molecule has 0 aliphatic heterocycles. The number of nitro benzene ring substituents is 1. The molecule has 0 saturated heterocycles. The Morgan fingerprint density at radius 1 is 1.00 bits per heavy atom. The van der Waals surface area contributed by atoms with Crippen LogP contribution in [0, 0.1) is 10.1 Å². The Hall–Kier alpha value is -4.00. The highest BCUT2D eigenvalue weighted by atomic mass is 16.6. The van der Waals surface area contributed by atoms with Crippen molar-refractivity contribution in [1.82, 2.24) is 9.55 Å². The molecule has 0 bridgehead atoms. The number of methoxy groups -OCH3 is 1. The summed E-state index contributed by atoms with van der Waals surface area (Å²) in [4.78, 5) is 28.5. The van der Waals surface area contributed by atoms with Gasteiger partial charge >= 0.3 is 0 Å². The van der Waals surface area contributed by atoms with E-state index in [0.717, 1.165) is 11.3 Å². The third kappa shape index (κ3) is 3.45. The van der Waals surface area contributed by atoms with Crippen LogP contribution in [0.1, 0.15) is 5.56 Å². The van der Waals surface area contributed by atoms with Crippen molar-refractivity contribution in [2.45, 2.75) is 6.54 Å². The number of para-hydroxylation sites is 2. The average Bonchev–Trinajstić information content (AvgIpc) is 2.76. The number of aromatic nitrogens is 2. The third-order valence-corrected chi connectivity index (χ3v) is 4.76. The lowest BCUT2D eigenvalue weighted by atomic mass is 10.0. The second-order valence-electron chi connectivity index (χ2n) is 6.50. The molecular formula is C22H17N3O4. The van der Waals surface area contributed by atoms with E-state index in [1.807, 2.05) is 24.3 Å². The van der Waals surface area contributed by atoms with E-state index in [-0.39, 0.29) is 11.2 Å². The van der Waals surface area contributed by atoms with Crippen LogP contribution in [-0.4, -0.2) is 21.6 Å². The van der Waals surface area contributed by atoms with Gasteiger partial charge in [0.15, 0.2) is 0 Å². The summed E-state index contributed by atoms with van der Waals surface area (Å²) in [6, 6.07) is 19.0. The zero-order valence-corrected chi connectivity index (χ0v) is 15.6. The maximum Gasteiger partial charge on any atom is 0.277 e. The molecule has 29 heavy (non-hydrogen) atoms. The van der Waals surface area contributed by atoms with Crippen LogP contribution in [0.25, 0.3) is 22.0 Å². The van der Waals surface area contributed by atoms with E-state index in [2.05, 4.69) is 4.98 Å². The molecule has 4 rings (SSSR count). The number of ether oxygens (including phenoxy) is 1. The quantitative estimate of drug-likeness (QED) is 0.381. The Morgan fingerprint density at radius 3 is 2.45 bits per heavy atom. The van der Waals surface area contributed by atoms with Crippen LogP contribution >= 0.6 is 0 Å². The standard InChI is InChI=1S/C22H17N3O4/c1-29-16-11-9-15(10-12-16)13-24-14-23-21-18(6-4-7-19(21)22(24)26)17-5-2-3-8-20(17)25(27)28/h2-12,14H,13H2,1H3. The first-order valence-electron chi connectivity index (χ1n) is 8.93. The summed E-state index contributed by atoms with van der Waals surface area (Å²) >= 11 is 0. The van der Waals surface area contributed by atoms with Gasteiger partial charge in [-0.1, -0.05) is 36.4 Å². The lowest BCUT2D eigenvalue weighted by Gasteiger charge is -2.10. The number of fused-ring (bicyclic) bond motifs is 1. The predicted octanol–water partition coefficient (Wildman–Crippen LogP) is 4.03. The fourth-order valence-corrected chi connectivity index (χ4v) is 3.31. The van der Waals surface area contributed by atoms with E-state index in [1.54, 1.807) is 43.5 Å². The molecule has 7 heteroatoms. The summed E-state index contributed by atoms with van der Waals surface area (Å²) in [5.41, 5.74) is 2.14. The summed E-state index contributed by atoms with van der Waals surface area (Å²) in [6.07, 6.45) is 1.48. The van der Waals surface area contributed by atoms with Crippen LogP contribution in [-0.2, 0) is 6.54 Å². The van der Waals surface area contributed by atoms with Crippen molar-refractivity contribution in [1.29, 1.82) is 0 Å². The topological polar surface area (TPSA) is 87.3 Å². The van der Waals surface area contributed by atoms with Crippen LogP contribution in [0.5, 0.6) is 5.75 Å². The predicted molar refractivity (Wildman–Crippen MR) is 110 cm³/mol. The Morgan fingerprint density at radius 2 is 1.72 bits per heavy atom. The normalized spacial score (nSPS) is 10.8. The van der Waals surface area contributed by atoms with Gasteiger partial charge in [-0.15, -0.1) is 0 Å². The maximum absolute atomic E-state index is 13.0. The van der Waals surface area contributed by atoms with Crippen molar-refractivity contribution >= 4 is 16.6 Å². The molecule has 0 amide bonds. The molecule has 0 unspecified atom stereocenters. The molecule has 3 aromatic carbocycles. The highest BCUT2D eigenvalue weighted by Crippen LogP contribution is 2.32. The molecule has 7 nitrogen and oxygen atoms in total. The van der Waals surface area contributed by atoms with Crippen LogP contribution in [0.3, 0.4) is 0 Å². The Balaban J connectivity index is 1.81. The summed E-state index contributed by atoms with van der Waals surface area (Å²) in [5, 5.41) is 11.8. The SMILES string of the molecule is COc1ccc(Cn2cnc3c(-c4ccccc4[N+](=O)[O-])cccc3c2=O)cc1. The molecule has 144 valence electrons. The van der Waals surface area contributed by atoms with Gasteiger partial charge in [-0.3, -0.25) is 19.5 Å². The first-order valence-corrected chi connectivity index (χ1v) is 8.93. The Kier molecular flexibility index (Phi) is 4.78. The first kappa shape index (κ1) is 18.4. The number of benzene rings is 3. The maximum atomic E-state index is 13.0. The third-order valence-electron chi connectivity index (χ3n) is 4.76. The molecule has 0 fully saturated rings. The van der Waals surface area contributed by atoms with E-state index in [0.29, 0.717) is 28.6 Å². The van der Waals surface area contributed by atoms with Gasteiger partial charge in [0.25, 0.3) is 11.2 Å². The fraction of sp³-hybridized carbons (Fsp3) is 0.0909. The van der Waals surface area contributed by atoms with Crippen LogP contribution in [0.4, 0.5) is 5.69 Å². The fourth-order valence-electron chi connectivity index (χ4n) is 3.31. The highest BCUT2D eigenvalue weighted by Gasteiger charge is 2.18. The van der Waals surface area contributed by atoms with Crippen molar-refractivity contribution in [3.05, 3.63) is 99.1 Å². The monoisotopic (exact) mass is 387 g/mol. The molecule has 4 aromatic rings. The van der Waals surface area contributed by atoms with Crippen molar-refractivity contribution < 1.29 is 9.66 Å². The van der Waals surface area contributed by atoms with E-state index < -0.39 is 4.92 Å². The molecule has 0 aliphatic carbocycles. The zero-order chi connectivity index (χ0) is 20.4. The molecule has 0 atom stereocenters. The van der Waals surface area contributed by atoms with Gasteiger partial charge in [-0.05, 0) is 29.8 Å². The first-order chi connectivity index (χ1) is 14.1. The van der Waals surface area contributed by atoms with Crippen molar-refractivity contribution in [2.24, 2.45) is 0 Å². The van der Waals surface area contributed by atoms with Gasteiger partial charge in [0.2, 0.25) is 0 Å². The number of hydrogen-bond donors (Lipinski definition) is 0. The number of hydrogen-bond acceptors (Lipinski definition) is 5. The Labute approximate surface area is 166 Å². The van der Waals surface area contributed by atoms with Crippen molar-refractivity contribution in [3.8, 4) is 16.9 Å². The van der Waals surface area contributed by atoms with Gasteiger partial charge in [-0.2, -0.15) is 0 Å². The zero-order valence-electron chi connectivity index (χ0n) is 15.6. The summed E-state index contributed by atoms with van der Waals surface area (Å²) in [7, 11) is 1.60. The second kappa shape index (κ2) is 7.55. The smallest absolute Gasteiger partial charge is 0.277 e. The number of rotatable bonds is 5. The molecule has 0 N–H and O–H groups in total. The van der Waals surface area contributed by atoms with Gasteiger partial charge in [0, 0.05) is 11.6 Å². The summed E-state index contributed by atoms with van der Waals surface area (Å²) in [5.74, 6) is 0.742. The van der Waals surface area contributed by atoms with Crippen LogP contribution in [0.2, 0.25) is 0 Å². The average molecular weight is 387 g/mol. The van der Waals surface area contributed by atoms with Crippen LogP contribution < -0.4 is 10.3 Å². The molecule has 0 saturated carbocycles. The Bertz CT molecular complexity index is 1260. The largest absolute Gasteiger partial charge is 0.497 e. The van der Waals surface area contributed by atoms with Crippen LogP contribution in [0.15, 0.2) is 77.9 Å². The molecule has 0 radical (unpaired) electrons. The van der Waals surface area contributed by atoms with E-state index in [9.17, 15) is 14.9 Å². The van der Waals surface area contributed by atoms with Gasteiger partial charge in [0.05, 0.1) is 41.4 Å². The van der Waals surface area contributed by atoms with Gasteiger partial charge in [0.1, 0.15) is 5.75 Å². The minimum atomic E-state index is -0.431. The molecule has 0 aliphatic rings. The molecule has 0 spiro atoms.